The Morgan fingerprint density at radius 1 is 0.636 bits per heavy atom. The molecule has 0 saturated heterocycles. The Hall–Kier alpha value is -2.41. The van der Waals surface area contributed by atoms with Crippen molar-refractivity contribution < 1.29 is 0 Å². The molecule has 0 unspecified atom stereocenters. The van der Waals surface area contributed by atoms with E-state index in [1.54, 1.807) is 0 Å². The van der Waals surface area contributed by atoms with E-state index in [4.69, 9.17) is 0 Å². The molecule has 0 amide bonds. The van der Waals surface area contributed by atoms with Crippen LogP contribution in [0.2, 0.25) is 0 Å². The molecule has 0 aliphatic heterocycles. The maximum atomic E-state index is 4.52. The van der Waals surface area contributed by atoms with E-state index in [2.05, 4.69) is 59.6 Å². The molecule has 0 spiro atoms. The lowest BCUT2D eigenvalue weighted by atomic mass is 9.89. The number of benzene rings is 2. The summed E-state index contributed by atoms with van der Waals surface area (Å²) in [5.41, 5.74) is 7.83. The largest absolute Gasteiger partial charge is 0.256 e. The van der Waals surface area contributed by atoms with Gasteiger partial charge in [0.25, 0.3) is 0 Å². The molecule has 0 fully saturated rings. The quantitative estimate of drug-likeness (QED) is 0.623. The molecular weight excluding hydrogens is 266 g/mol. The minimum atomic E-state index is 1.04. The van der Waals surface area contributed by atoms with Gasteiger partial charge in [-0.3, -0.25) is 4.98 Å². The number of pyridine rings is 1. The van der Waals surface area contributed by atoms with Crippen molar-refractivity contribution in [2.75, 3.05) is 0 Å². The average molecular weight is 285 g/mol. The van der Waals surface area contributed by atoms with Gasteiger partial charge in [0.1, 0.15) is 0 Å². The molecule has 1 aliphatic rings. The molecule has 0 saturated carbocycles. The predicted molar refractivity (Wildman–Crippen MR) is 91.8 cm³/mol. The van der Waals surface area contributed by atoms with E-state index in [1.807, 2.05) is 12.3 Å². The lowest BCUT2D eigenvalue weighted by Gasteiger charge is -2.16. The third-order valence-electron chi connectivity index (χ3n) is 4.51. The van der Waals surface area contributed by atoms with E-state index < -0.39 is 0 Å². The molecule has 3 aromatic rings. The Bertz CT molecular complexity index is 790. The van der Waals surface area contributed by atoms with E-state index in [0.29, 0.717) is 0 Å². The Morgan fingerprint density at radius 3 is 2.27 bits per heavy atom. The number of aryl methyl sites for hydroxylation is 2. The van der Waals surface area contributed by atoms with E-state index in [9.17, 15) is 0 Å². The molecule has 4 rings (SSSR count). The fourth-order valence-electron chi connectivity index (χ4n) is 3.29. The van der Waals surface area contributed by atoms with Crippen LogP contribution in [-0.4, -0.2) is 4.98 Å². The molecule has 22 heavy (non-hydrogen) atoms. The van der Waals surface area contributed by atoms with E-state index in [1.165, 1.54) is 53.5 Å². The van der Waals surface area contributed by atoms with Crippen LogP contribution in [0.25, 0.3) is 22.4 Å². The van der Waals surface area contributed by atoms with Crippen molar-refractivity contribution in [3.63, 3.8) is 0 Å². The van der Waals surface area contributed by atoms with Gasteiger partial charge in [0, 0.05) is 11.8 Å². The summed E-state index contributed by atoms with van der Waals surface area (Å²) in [4.78, 5) is 4.52. The molecular formula is C21H19N. The second kappa shape index (κ2) is 5.76. The third-order valence-corrected chi connectivity index (χ3v) is 4.51. The number of aromatic nitrogens is 1. The van der Waals surface area contributed by atoms with E-state index >= 15 is 0 Å². The van der Waals surface area contributed by atoms with Gasteiger partial charge in [-0.2, -0.15) is 0 Å². The van der Waals surface area contributed by atoms with Crippen LogP contribution < -0.4 is 0 Å². The van der Waals surface area contributed by atoms with Gasteiger partial charge < -0.3 is 0 Å². The summed E-state index contributed by atoms with van der Waals surface area (Å²) >= 11 is 0. The van der Waals surface area contributed by atoms with Gasteiger partial charge in [-0.15, -0.1) is 0 Å². The monoisotopic (exact) mass is 285 g/mol. The van der Waals surface area contributed by atoms with Gasteiger partial charge >= 0.3 is 0 Å². The lowest BCUT2D eigenvalue weighted by molar-refractivity contribution is 0.686. The van der Waals surface area contributed by atoms with Crippen molar-refractivity contribution in [2.24, 2.45) is 0 Å². The molecule has 0 radical (unpaired) electrons. The number of hydrogen-bond donors (Lipinski definition) is 0. The van der Waals surface area contributed by atoms with Crippen LogP contribution in [0, 0.1) is 0 Å². The molecule has 1 nitrogen and oxygen atoms in total. The van der Waals surface area contributed by atoms with Gasteiger partial charge in [-0.05, 0) is 60.1 Å². The first-order valence-corrected chi connectivity index (χ1v) is 8.04. The molecule has 1 heterocycles. The maximum absolute atomic E-state index is 4.52. The van der Waals surface area contributed by atoms with Gasteiger partial charge in [0.15, 0.2) is 0 Å². The lowest BCUT2D eigenvalue weighted by Crippen LogP contribution is -2.02. The molecule has 1 aromatic heterocycles. The molecule has 0 N–H and O–H groups in total. The number of rotatable bonds is 2. The van der Waals surface area contributed by atoms with Gasteiger partial charge in [0.05, 0.1) is 5.69 Å². The highest BCUT2D eigenvalue weighted by Gasteiger charge is 2.10. The van der Waals surface area contributed by atoms with Crippen LogP contribution in [0.5, 0.6) is 0 Å². The SMILES string of the molecule is c1ccc(-c2cc(-c3ccc4c(c3)CCCC4)ccn2)cc1. The second-order valence-corrected chi connectivity index (χ2v) is 5.99. The first-order chi connectivity index (χ1) is 10.9. The standard InChI is InChI=1S/C21H19N/c1-2-7-17(8-3-1)21-15-20(12-13-22-21)19-11-10-16-6-4-5-9-18(16)14-19/h1-3,7-8,10-15H,4-6,9H2. The number of fused-ring (bicyclic) bond motifs is 1. The smallest absolute Gasteiger partial charge is 0.0708 e. The zero-order valence-electron chi connectivity index (χ0n) is 12.6. The zero-order chi connectivity index (χ0) is 14.8. The first-order valence-electron chi connectivity index (χ1n) is 8.04. The van der Waals surface area contributed by atoms with Crippen LogP contribution in [0.3, 0.4) is 0 Å². The topological polar surface area (TPSA) is 12.9 Å². The van der Waals surface area contributed by atoms with Crippen molar-refractivity contribution in [1.82, 2.24) is 4.98 Å². The molecule has 1 aliphatic carbocycles. The van der Waals surface area contributed by atoms with E-state index in [-0.39, 0.29) is 0 Å². The summed E-state index contributed by atoms with van der Waals surface area (Å²) in [6.45, 7) is 0. The fraction of sp³-hybridized carbons (Fsp3) is 0.190. The van der Waals surface area contributed by atoms with Crippen LogP contribution in [-0.2, 0) is 12.8 Å². The Labute approximate surface area is 131 Å². The minimum Gasteiger partial charge on any atom is -0.256 e. The van der Waals surface area contributed by atoms with E-state index in [0.717, 1.165) is 5.69 Å². The Kier molecular flexibility index (Phi) is 3.48. The van der Waals surface area contributed by atoms with Gasteiger partial charge in [0.2, 0.25) is 0 Å². The fourth-order valence-corrected chi connectivity index (χ4v) is 3.29. The summed E-state index contributed by atoms with van der Waals surface area (Å²) in [6.07, 6.45) is 7.03. The number of nitrogens with zero attached hydrogens (tertiary/aromatic N) is 1. The maximum Gasteiger partial charge on any atom is 0.0708 e. The first kappa shape index (κ1) is 13.3. The highest BCUT2D eigenvalue weighted by molar-refractivity contribution is 5.71. The molecule has 0 atom stereocenters. The van der Waals surface area contributed by atoms with Crippen molar-refractivity contribution in [3.8, 4) is 22.4 Å². The average Bonchev–Trinajstić information content (AvgIpc) is 2.62. The predicted octanol–water partition coefficient (Wildman–Crippen LogP) is 5.29. The normalized spacial score (nSPS) is 13.6. The van der Waals surface area contributed by atoms with Crippen LogP contribution >= 0.6 is 0 Å². The molecule has 2 aromatic carbocycles. The molecule has 108 valence electrons. The summed E-state index contributed by atoms with van der Waals surface area (Å²) in [7, 11) is 0. The van der Waals surface area contributed by atoms with Gasteiger partial charge in [-0.25, -0.2) is 0 Å². The summed E-state index contributed by atoms with van der Waals surface area (Å²) in [5, 5.41) is 0. The van der Waals surface area contributed by atoms with Crippen molar-refractivity contribution in [3.05, 3.63) is 78.0 Å². The summed E-state index contributed by atoms with van der Waals surface area (Å²) in [6, 6.07) is 21.6. The minimum absolute atomic E-state index is 1.04. The molecule has 1 heteroatoms. The number of hydrogen-bond acceptors (Lipinski definition) is 1. The van der Waals surface area contributed by atoms with Crippen molar-refractivity contribution >= 4 is 0 Å². The highest BCUT2D eigenvalue weighted by atomic mass is 14.7. The van der Waals surface area contributed by atoms with Gasteiger partial charge in [-0.1, -0.05) is 48.5 Å². The van der Waals surface area contributed by atoms with Crippen LogP contribution in [0.15, 0.2) is 66.9 Å². The third kappa shape index (κ3) is 2.55. The highest BCUT2D eigenvalue weighted by Crippen LogP contribution is 2.29. The van der Waals surface area contributed by atoms with Crippen LogP contribution in [0.1, 0.15) is 24.0 Å². The molecule has 0 bridgehead atoms. The zero-order valence-corrected chi connectivity index (χ0v) is 12.6. The summed E-state index contributed by atoms with van der Waals surface area (Å²) in [5.74, 6) is 0. The van der Waals surface area contributed by atoms with Crippen molar-refractivity contribution in [2.45, 2.75) is 25.7 Å². The van der Waals surface area contributed by atoms with Crippen LogP contribution in [0.4, 0.5) is 0 Å². The Morgan fingerprint density at radius 2 is 1.41 bits per heavy atom. The summed E-state index contributed by atoms with van der Waals surface area (Å²) < 4.78 is 0. The second-order valence-electron chi connectivity index (χ2n) is 5.99. The van der Waals surface area contributed by atoms with Crippen molar-refractivity contribution in [1.29, 1.82) is 0 Å². The Balaban J connectivity index is 1.74.